The first-order chi connectivity index (χ1) is 7.13. The summed E-state index contributed by atoms with van der Waals surface area (Å²) in [6.07, 6.45) is 2.62. The minimum absolute atomic E-state index is 0.121. The molecule has 15 heavy (non-hydrogen) atoms. The van der Waals surface area contributed by atoms with Gasteiger partial charge < -0.3 is 10.4 Å². The highest BCUT2D eigenvalue weighted by Crippen LogP contribution is 2.10. The fourth-order valence-corrected chi connectivity index (χ4v) is 2.01. The van der Waals surface area contributed by atoms with E-state index in [1.54, 1.807) is 0 Å². The number of carbonyl (C=O) groups is 1. The van der Waals surface area contributed by atoms with Gasteiger partial charge in [0.25, 0.3) is 0 Å². The molecule has 0 saturated carbocycles. The predicted octanol–water partition coefficient (Wildman–Crippen LogP) is 0.924. The Kier molecular flexibility index (Phi) is 5.05. The van der Waals surface area contributed by atoms with Crippen LogP contribution in [0, 0.1) is 0 Å². The summed E-state index contributed by atoms with van der Waals surface area (Å²) in [5.41, 5.74) is 0. The molecular weight excluding hydrogens is 192 g/mol. The average Bonchev–Trinajstić information content (AvgIpc) is 2.18. The Bertz CT molecular complexity index is 209. The van der Waals surface area contributed by atoms with Gasteiger partial charge in [0, 0.05) is 25.2 Å². The first kappa shape index (κ1) is 12.5. The third kappa shape index (κ3) is 4.18. The average molecular weight is 214 g/mol. The van der Waals surface area contributed by atoms with E-state index in [9.17, 15) is 4.79 Å². The lowest BCUT2D eigenvalue weighted by atomic mass is 10.1. The molecule has 1 aliphatic rings. The fourth-order valence-electron chi connectivity index (χ4n) is 2.01. The van der Waals surface area contributed by atoms with E-state index in [1.165, 1.54) is 12.8 Å². The molecule has 0 aromatic heterocycles. The van der Waals surface area contributed by atoms with E-state index in [2.05, 4.69) is 24.1 Å². The van der Waals surface area contributed by atoms with Gasteiger partial charge in [-0.2, -0.15) is 0 Å². The Hall–Kier alpha value is -0.610. The van der Waals surface area contributed by atoms with E-state index < -0.39 is 5.97 Å². The zero-order valence-corrected chi connectivity index (χ0v) is 9.70. The lowest BCUT2D eigenvalue weighted by Crippen LogP contribution is -2.56. The van der Waals surface area contributed by atoms with Gasteiger partial charge in [-0.15, -0.1) is 0 Å². The van der Waals surface area contributed by atoms with Crippen LogP contribution in [0.4, 0.5) is 0 Å². The molecule has 2 unspecified atom stereocenters. The van der Waals surface area contributed by atoms with Crippen LogP contribution in [0.25, 0.3) is 0 Å². The van der Waals surface area contributed by atoms with Gasteiger partial charge in [-0.3, -0.25) is 9.69 Å². The topological polar surface area (TPSA) is 52.6 Å². The second-order valence-corrected chi connectivity index (χ2v) is 4.40. The van der Waals surface area contributed by atoms with Crippen molar-refractivity contribution in [2.24, 2.45) is 0 Å². The highest BCUT2D eigenvalue weighted by atomic mass is 16.4. The molecule has 88 valence electrons. The molecule has 2 N–H and O–H groups in total. The van der Waals surface area contributed by atoms with Gasteiger partial charge in [-0.1, -0.05) is 13.3 Å². The maximum atomic E-state index is 10.6. The maximum Gasteiger partial charge on any atom is 0.304 e. The van der Waals surface area contributed by atoms with Crippen LogP contribution in [0.15, 0.2) is 0 Å². The van der Waals surface area contributed by atoms with E-state index in [0.29, 0.717) is 6.04 Å². The third-order valence-electron chi connectivity index (χ3n) is 3.00. The minimum Gasteiger partial charge on any atom is -0.481 e. The number of nitrogens with one attached hydrogen (secondary N) is 1. The molecule has 1 heterocycles. The van der Waals surface area contributed by atoms with Gasteiger partial charge in [-0.25, -0.2) is 0 Å². The van der Waals surface area contributed by atoms with Crippen molar-refractivity contribution in [3.63, 3.8) is 0 Å². The Morgan fingerprint density at radius 1 is 1.60 bits per heavy atom. The van der Waals surface area contributed by atoms with E-state index in [4.69, 9.17) is 5.11 Å². The molecule has 1 rings (SSSR count). The number of piperazine rings is 1. The Morgan fingerprint density at radius 2 is 2.33 bits per heavy atom. The highest BCUT2D eigenvalue weighted by Gasteiger charge is 2.25. The SMILES string of the molecule is CCCCN1CC(CC(=O)O)NCC1C. The summed E-state index contributed by atoms with van der Waals surface area (Å²) in [6, 6.07) is 0.650. The van der Waals surface area contributed by atoms with E-state index in [-0.39, 0.29) is 12.5 Å². The van der Waals surface area contributed by atoms with Gasteiger partial charge in [-0.05, 0) is 19.9 Å². The molecule has 0 spiro atoms. The van der Waals surface area contributed by atoms with Crippen molar-refractivity contribution in [2.75, 3.05) is 19.6 Å². The van der Waals surface area contributed by atoms with Crippen molar-refractivity contribution in [1.29, 1.82) is 0 Å². The van der Waals surface area contributed by atoms with Crippen molar-refractivity contribution in [1.82, 2.24) is 10.2 Å². The van der Waals surface area contributed by atoms with E-state index in [1.807, 2.05) is 0 Å². The van der Waals surface area contributed by atoms with Crippen LogP contribution < -0.4 is 5.32 Å². The van der Waals surface area contributed by atoms with Crippen molar-refractivity contribution in [3.05, 3.63) is 0 Å². The zero-order valence-electron chi connectivity index (χ0n) is 9.70. The molecule has 0 aromatic rings. The normalized spacial score (nSPS) is 27.9. The monoisotopic (exact) mass is 214 g/mol. The fraction of sp³-hybridized carbons (Fsp3) is 0.909. The molecule has 0 bridgehead atoms. The molecule has 4 heteroatoms. The molecule has 2 atom stereocenters. The van der Waals surface area contributed by atoms with E-state index >= 15 is 0 Å². The smallest absolute Gasteiger partial charge is 0.304 e. The second kappa shape index (κ2) is 6.08. The number of rotatable bonds is 5. The summed E-state index contributed by atoms with van der Waals surface area (Å²) in [5.74, 6) is -0.711. The molecular formula is C11H22N2O2. The Morgan fingerprint density at radius 3 is 2.93 bits per heavy atom. The number of hydrogen-bond donors (Lipinski definition) is 2. The van der Waals surface area contributed by atoms with Crippen LogP contribution in [-0.2, 0) is 4.79 Å². The highest BCUT2D eigenvalue weighted by molar-refractivity contribution is 5.67. The number of hydrogen-bond acceptors (Lipinski definition) is 3. The summed E-state index contributed by atoms with van der Waals surface area (Å²) in [5, 5.41) is 12.0. The molecule has 0 aliphatic carbocycles. The molecule has 1 fully saturated rings. The summed E-state index contributed by atoms with van der Waals surface area (Å²) in [4.78, 5) is 13.0. The van der Waals surface area contributed by atoms with Crippen LogP contribution in [0.2, 0.25) is 0 Å². The van der Waals surface area contributed by atoms with Gasteiger partial charge in [0.05, 0.1) is 6.42 Å². The summed E-state index contributed by atoms with van der Waals surface area (Å²) in [7, 11) is 0. The summed E-state index contributed by atoms with van der Waals surface area (Å²) < 4.78 is 0. The number of carboxylic acids is 1. The Balaban J connectivity index is 2.37. The lowest BCUT2D eigenvalue weighted by molar-refractivity contribution is -0.137. The van der Waals surface area contributed by atoms with Crippen LogP contribution >= 0.6 is 0 Å². The van der Waals surface area contributed by atoms with Crippen LogP contribution in [-0.4, -0.2) is 47.7 Å². The summed E-state index contributed by atoms with van der Waals surface area (Å²) in [6.45, 7) is 7.24. The van der Waals surface area contributed by atoms with Gasteiger partial charge in [0.2, 0.25) is 0 Å². The molecule has 4 nitrogen and oxygen atoms in total. The lowest BCUT2D eigenvalue weighted by Gasteiger charge is -2.38. The van der Waals surface area contributed by atoms with Crippen molar-refractivity contribution in [2.45, 2.75) is 45.2 Å². The predicted molar refractivity (Wildman–Crippen MR) is 60.0 cm³/mol. The van der Waals surface area contributed by atoms with Crippen molar-refractivity contribution < 1.29 is 9.90 Å². The van der Waals surface area contributed by atoms with Gasteiger partial charge in [0.1, 0.15) is 0 Å². The van der Waals surface area contributed by atoms with Crippen molar-refractivity contribution in [3.8, 4) is 0 Å². The molecule has 0 radical (unpaired) electrons. The number of unbranched alkanes of at least 4 members (excludes halogenated alkanes) is 1. The van der Waals surface area contributed by atoms with Crippen LogP contribution in [0.1, 0.15) is 33.1 Å². The molecule has 1 aliphatic heterocycles. The minimum atomic E-state index is -0.711. The summed E-state index contributed by atoms with van der Waals surface area (Å²) >= 11 is 0. The second-order valence-electron chi connectivity index (χ2n) is 4.40. The standard InChI is InChI=1S/C11H22N2O2/c1-3-4-5-13-8-10(6-11(14)15)12-7-9(13)2/h9-10,12H,3-8H2,1-2H3,(H,14,15). The number of carboxylic acid groups (broad SMARTS) is 1. The number of nitrogens with zero attached hydrogens (tertiary/aromatic N) is 1. The largest absolute Gasteiger partial charge is 0.481 e. The van der Waals surface area contributed by atoms with Crippen LogP contribution in [0.3, 0.4) is 0 Å². The van der Waals surface area contributed by atoms with Gasteiger partial charge >= 0.3 is 5.97 Å². The molecule has 1 saturated heterocycles. The first-order valence-corrected chi connectivity index (χ1v) is 5.82. The third-order valence-corrected chi connectivity index (χ3v) is 3.00. The van der Waals surface area contributed by atoms with Crippen LogP contribution in [0.5, 0.6) is 0 Å². The maximum absolute atomic E-state index is 10.6. The van der Waals surface area contributed by atoms with E-state index in [0.717, 1.165) is 19.6 Å². The first-order valence-electron chi connectivity index (χ1n) is 5.82. The van der Waals surface area contributed by atoms with Gasteiger partial charge in [0.15, 0.2) is 0 Å². The van der Waals surface area contributed by atoms with Crippen molar-refractivity contribution >= 4 is 5.97 Å². The zero-order chi connectivity index (χ0) is 11.3. The number of aliphatic carboxylic acids is 1. The quantitative estimate of drug-likeness (QED) is 0.714. The molecule has 0 amide bonds. The molecule has 0 aromatic carbocycles. The Labute approximate surface area is 91.6 Å².